The van der Waals surface area contributed by atoms with Crippen molar-refractivity contribution in [3.8, 4) is 0 Å². The third kappa shape index (κ3) is 9.28. The van der Waals surface area contributed by atoms with Crippen LogP contribution >= 0.6 is 8.25 Å². The van der Waals surface area contributed by atoms with Crippen molar-refractivity contribution in [2.45, 2.75) is 39.3 Å². The highest BCUT2D eigenvalue weighted by Crippen LogP contribution is 2.29. The number of alkyl halides is 3. The van der Waals surface area contributed by atoms with E-state index in [2.05, 4.69) is 4.18 Å². The number of hydrogen-bond donors (Lipinski definition) is 2. The van der Waals surface area contributed by atoms with E-state index in [0.29, 0.717) is 0 Å². The molecular weight excluding hydrogens is 312 g/mol. The molecule has 0 rings (SSSR count). The minimum atomic E-state index is -5.49. The molecule has 19 heavy (non-hydrogen) atoms. The second-order valence-corrected chi connectivity index (χ2v) is 6.27. The van der Waals surface area contributed by atoms with Crippen molar-refractivity contribution < 1.29 is 40.1 Å². The molecule has 0 aromatic heterocycles. The molecular formula is C8H17F3O6PS+. The second kappa shape index (κ2) is 8.11. The fraction of sp³-hybridized carbons (Fsp3) is 1.00. The number of rotatable bonds is 4. The maximum Gasteiger partial charge on any atom is 0.692 e. The van der Waals surface area contributed by atoms with Gasteiger partial charge < -0.3 is 0 Å². The fourth-order valence-corrected chi connectivity index (χ4v) is 2.04. The Hall–Kier alpha value is -0.280. The monoisotopic (exact) mass is 329 g/mol. The summed E-state index contributed by atoms with van der Waals surface area (Å²) < 4.78 is 70.3. The molecule has 11 heteroatoms. The molecule has 0 fully saturated rings. The van der Waals surface area contributed by atoms with Gasteiger partial charge in [-0.15, -0.1) is 9.79 Å². The van der Waals surface area contributed by atoms with Crippen molar-refractivity contribution in [3.05, 3.63) is 0 Å². The number of hydrogen-bond acceptors (Lipinski definition) is 4. The molecule has 2 N–H and O–H groups in total. The first-order valence-corrected chi connectivity index (χ1v) is 7.64. The normalized spacial score (nSPS) is 12.6. The van der Waals surface area contributed by atoms with Crippen molar-refractivity contribution >= 4 is 18.4 Å². The summed E-state index contributed by atoms with van der Waals surface area (Å²) in [6, 6.07) is 0. The summed E-state index contributed by atoms with van der Waals surface area (Å²) in [5.41, 5.74) is -5.35. The van der Waals surface area contributed by atoms with Crippen LogP contribution in [0.25, 0.3) is 0 Å². The Morgan fingerprint density at radius 2 is 1.32 bits per heavy atom. The Labute approximate surface area is 110 Å². The highest BCUT2D eigenvalue weighted by molar-refractivity contribution is 7.87. The van der Waals surface area contributed by atoms with E-state index in [9.17, 15) is 21.6 Å². The molecule has 0 saturated carbocycles. The molecule has 0 aliphatic heterocycles. The smallest absolute Gasteiger partial charge is 0.259 e. The molecule has 0 radical (unpaired) electrons. The first-order chi connectivity index (χ1) is 8.22. The van der Waals surface area contributed by atoms with Gasteiger partial charge in [0, 0.05) is 4.57 Å². The van der Waals surface area contributed by atoms with E-state index in [1.54, 1.807) is 27.7 Å². The average molecular weight is 329 g/mol. The molecule has 0 unspecified atom stereocenters. The molecule has 0 saturated heterocycles. The minimum absolute atomic E-state index is 0.304. The SMILES string of the molecule is CC(C)C(OS(=O)(=O)C(F)(F)F)C(C)C.O=[P+](O)O. The molecule has 0 aromatic rings. The summed E-state index contributed by atoms with van der Waals surface area (Å²) in [5.74, 6) is -0.607. The molecule has 0 atom stereocenters. The van der Waals surface area contributed by atoms with Gasteiger partial charge in [0.2, 0.25) is 0 Å². The molecule has 0 amide bonds. The standard InChI is InChI=1S/C8H15F3O3S.HO3P/c1-5(2)7(6(3)4)14-15(12,13)8(9,10)11;1-4(2)3/h5-7H,1-4H3;(H-,1,2,3)/p+1. The zero-order chi connectivity index (χ0) is 16.0. The Kier molecular flexibility index (Phi) is 8.97. The first-order valence-electron chi connectivity index (χ1n) is 5.07. The quantitative estimate of drug-likeness (QED) is 0.466. The van der Waals surface area contributed by atoms with Gasteiger partial charge >= 0.3 is 23.9 Å². The highest BCUT2D eigenvalue weighted by atomic mass is 32.2. The van der Waals surface area contributed by atoms with E-state index in [-0.39, 0.29) is 11.8 Å². The van der Waals surface area contributed by atoms with Crippen LogP contribution in [-0.4, -0.2) is 29.8 Å². The van der Waals surface area contributed by atoms with Crippen LogP contribution in [0.15, 0.2) is 0 Å². The molecule has 0 aliphatic carbocycles. The van der Waals surface area contributed by atoms with Crippen LogP contribution in [0.4, 0.5) is 13.2 Å². The largest absolute Gasteiger partial charge is 0.692 e. The lowest BCUT2D eigenvalue weighted by Crippen LogP contribution is -2.35. The van der Waals surface area contributed by atoms with Gasteiger partial charge in [-0.05, 0) is 11.8 Å². The van der Waals surface area contributed by atoms with Crippen molar-refractivity contribution in [2.24, 2.45) is 11.8 Å². The van der Waals surface area contributed by atoms with Gasteiger partial charge in [0.25, 0.3) is 0 Å². The van der Waals surface area contributed by atoms with Crippen molar-refractivity contribution in [3.63, 3.8) is 0 Å². The Bertz CT molecular complexity index is 366. The van der Waals surface area contributed by atoms with E-state index in [1.165, 1.54) is 0 Å². The highest BCUT2D eigenvalue weighted by Gasteiger charge is 2.49. The van der Waals surface area contributed by atoms with E-state index < -0.39 is 30.0 Å². The van der Waals surface area contributed by atoms with Crippen LogP contribution in [0.5, 0.6) is 0 Å². The van der Waals surface area contributed by atoms with Crippen molar-refractivity contribution in [2.75, 3.05) is 0 Å². The van der Waals surface area contributed by atoms with Gasteiger partial charge in [-0.25, -0.2) is 0 Å². The van der Waals surface area contributed by atoms with Gasteiger partial charge in [-0.2, -0.15) is 21.6 Å². The fourth-order valence-electron chi connectivity index (χ4n) is 1.19. The summed E-state index contributed by atoms with van der Waals surface area (Å²) in [6.07, 6.45) is -0.961. The topological polar surface area (TPSA) is 101 Å². The summed E-state index contributed by atoms with van der Waals surface area (Å²) >= 11 is 0. The lowest BCUT2D eigenvalue weighted by molar-refractivity contribution is -0.0610. The first kappa shape index (κ1) is 21.0. The van der Waals surface area contributed by atoms with Crippen LogP contribution in [0.3, 0.4) is 0 Å². The van der Waals surface area contributed by atoms with Crippen molar-refractivity contribution in [1.29, 1.82) is 0 Å². The Morgan fingerprint density at radius 1 is 1.05 bits per heavy atom. The Morgan fingerprint density at radius 3 is 1.47 bits per heavy atom. The average Bonchev–Trinajstić information content (AvgIpc) is 2.10. The molecule has 0 aromatic carbocycles. The third-order valence-electron chi connectivity index (χ3n) is 1.84. The van der Waals surface area contributed by atoms with Gasteiger partial charge in [-0.3, -0.25) is 4.18 Å². The van der Waals surface area contributed by atoms with Crippen LogP contribution in [0.1, 0.15) is 27.7 Å². The van der Waals surface area contributed by atoms with Gasteiger partial charge in [0.1, 0.15) is 0 Å². The predicted octanol–water partition coefficient (Wildman–Crippen LogP) is 2.16. The third-order valence-corrected chi connectivity index (χ3v) is 2.88. The molecule has 116 valence electrons. The van der Waals surface area contributed by atoms with E-state index in [1.807, 2.05) is 0 Å². The van der Waals surface area contributed by atoms with E-state index in [4.69, 9.17) is 14.4 Å². The predicted molar refractivity (Wildman–Crippen MR) is 61.6 cm³/mol. The molecule has 6 nitrogen and oxygen atoms in total. The summed E-state index contributed by atoms with van der Waals surface area (Å²) in [7, 11) is -8.36. The van der Waals surface area contributed by atoms with E-state index >= 15 is 0 Å². The lowest BCUT2D eigenvalue weighted by Gasteiger charge is -2.24. The number of halogens is 3. The van der Waals surface area contributed by atoms with E-state index in [0.717, 1.165) is 0 Å². The van der Waals surface area contributed by atoms with Crippen LogP contribution < -0.4 is 0 Å². The zero-order valence-electron chi connectivity index (χ0n) is 10.7. The molecule has 0 aliphatic rings. The maximum absolute atomic E-state index is 12.0. The minimum Gasteiger partial charge on any atom is -0.259 e. The summed E-state index contributed by atoms with van der Waals surface area (Å²) in [4.78, 5) is 14.2. The van der Waals surface area contributed by atoms with Crippen LogP contribution in [0.2, 0.25) is 0 Å². The zero-order valence-corrected chi connectivity index (χ0v) is 12.5. The summed E-state index contributed by atoms with van der Waals surface area (Å²) in [5, 5.41) is 0. The molecule has 0 heterocycles. The van der Waals surface area contributed by atoms with Gasteiger partial charge in [0.15, 0.2) is 0 Å². The molecule has 0 spiro atoms. The van der Waals surface area contributed by atoms with Crippen LogP contribution in [0, 0.1) is 11.8 Å². The lowest BCUT2D eigenvalue weighted by atomic mass is 9.97. The van der Waals surface area contributed by atoms with Gasteiger partial charge in [0.05, 0.1) is 6.10 Å². The molecule has 0 bridgehead atoms. The van der Waals surface area contributed by atoms with Gasteiger partial charge in [-0.1, -0.05) is 27.7 Å². The summed E-state index contributed by atoms with van der Waals surface area (Å²) in [6.45, 7) is 6.43. The van der Waals surface area contributed by atoms with Crippen molar-refractivity contribution in [1.82, 2.24) is 0 Å². The maximum atomic E-state index is 12.0. The Balaban J connectivity index is 0. The van der Waals surface area contributed by atoms with Crippen LogP contribution in [-0.2, 0) is 18.9 Å². The second-order valence-electron chi connectivity index (χ2n) is 4.20.